The predicted molar refractivity (Wildman–Crippen MR) is 73.2 cm³/mol. The standard InChI is InChI=1S/C15H29NO/c1-13(2)9-8-10-14(17)15(16(3)4)11-6-5-7-12-15/h13H,5-12H2,1-4H3. The zero-order valence-electron chi connectivity index (χ0n) is 12.1. The van der Waals surface area contributed by atoms with E-state index >= 15 is 0 Å². The molecule has 0 atom stereocenters. The second kappa shape index (κ2) is 6.53. The molecule has 0 N–H and O–H groups in total. The maximum absolute atomic E-state index is 12.5. The fourth-order valence-corrected chi connectivity index (χ4v) is 3.02. The molecule has 1 rings (SSSR count). The maximum Gasteiger partial charge on any atom is 0.153 e. The second-order valence-electron chi connectivity index (χ2n) is 6.20. The Hall–Kier alpha value is -0.370. The van der Waals surface area contributed by atoms with Crippen LogP contribution >= 0.6 is 0 Å². The van der Waals surface area contributed by atoms with Gasteiger partial charge in [0.15, 0.2) is 5.78 Å². The molecule has 0 aliphatic heterocycles. The summed E-state index contributed by atoms with van der Waals surface area (Å²) in [4.78, 5) is 14.7. The molecule has 0 unspecified atom stereocenters. The van der Waals surface area contributed by atoms with Crippen LogP contribution in [-0.4, -0.2) is 30.3 Å². The van der Waals surface area contributed by atoms with Crippen molar-refractivity contribution in [1.82, 2.24) is 4.90 Å². The summed E-state index contributed by atoms with van der Waals surface area (Å²) in [5.74, 6) is 1.20. The predicted octanol–water partition coefficient (Wildman–Crippen LogP) is 3.65. The van der Waals surface area contributed by atoms with Crippen molar-refractivity contribution in [3.05, 3.63) is 0 Å². The van der Waals surface area contributed by atoms with E-state index in [4.69, 9.17) is 0 Å². The highest BCUT2D eigenvalue weighted by molar-refractivity contribution is 5.88. The zero-order valence-corrected chi connectivity index (χ0v) is 12.1. The Morgan fingerprint density at radius 2 is 1.76 bits per heavy atom. The molecule has 1 saturated carbocycles. The summed E-state index contributed by atoms with van der Waals surface area (Å²) in [5, 5.41) is 0. The van der Waals surface area contributed by atoms with Gasteiger partial charge in [0.1, 0.15) is 0 Å². The Bertz CT molecular complexity index is 239. The fourth-order valence-electron chi connectivity index (χ4n) is 3.02. The lowest BCUT2D eigenvalue weighted by molar-refractivity contribution is -0.132. The van der Waals surface area contributed by atoms with Gasteiger partial charge in [0.25, 0.3) is 0 Å². The van der Waals surface area contributed by atoms with Crippen LogP contribution in [0, 0.1) is 5.92 Å². The number of hydrogen-bond donors (Lipinski definition) is 0. The second-order valence-corrected chi connectivity index (χ2v) is 6.20. The third kappa shape index (κ3) is 3.80. The summed E-state index contributed by atoms with van der Waals surface area (Å²) >= 11 is 0. The number of nitrogens with zero attached hydrogens (tertiary/aromatic N) is 1. The van der Waals surface area contributed by atoms with Crippen LogP contribution in [0.1, 0.15) is 65.2 Å². The third-order valence-electron chi connectivity index (χ3n) is 4.24. The van der Waals surface area contributed by atoms with E-state index in [1.807, 2.05) is 0 Å². The Balaban J connectivity index is 2.55. The Morgan fingerprint density at radius 3 is 2.24 bits per heavy atom. The van der Waals surface area contributed by atoms with E-state index in [1.165, 1.54) is 25.7 Å². The molecule has 17 heavy (non-hydrogen) atoms. The van der Waals surface area contributed by atoms with Gasteiger partial charge in [0.05, 0.1) is 5.54 Å². The smallest absolute Gasteiger partial charge is 0.153 e. The molecule has 1 aliphatic rings. The largest absolute Gasteiger partial charge is 0.298 e. The van der Waals surface area contributed by atoms with Gasteiger partial charge in [-0.15, -0.1) is 0 Å². The van der Waals surface area contributed by atoms with Crippen molar-refractivity contribution in [3.63, 3.8) is 0 Å². The lowest BCUT2D eigenvalue weighted by atomic mass is 9.76. The minimum atomic E-state index is -0.130. The van der Waals surface area contributed by atoms with Crippen LogP contribution in [0.25, 0.3) is 0 Å². The molecule has 2 heteroatoms. The van der Waals surface area contributed by atoms with Crippen molar-refractivity contribution in [2.75, 3.05) is 14.1 Å². The molecule has 0 heterocycles. The summed E-state index contributed by atoms with van der Waals surface area (Å²) < 4.78 is 0. The molecule has 0 spiro atoms. The highest BCUT2D eigenvalue weighted by Crippen LogP contribution is 2.34. The van der Waals surface area contributed by atoms with Crippen LogP contribution in [0.15, 0.2) is 0 Å². The molecule has 1 fully saturated rings. The molecule has 2 nitrogen and oxygen atoms in total. The SMILES string of the molecule is CC(C)CCCC(=O)C1(N(C)C)CCCCC1. The lowest BCUT2D eigenvalue weighted by Crippen LogP contribution is -2.52. The van der Waals surface area contributed by atoms with Gasteiger partial charge in [-0.3, -0.25) is 9.69 Å². The first-order valence-corrected chi connectivity index (χ1v) is 7.20. The quantitative estimate of drug-likeness (QED) is 0.705. The normalized spacial score (nSPS) is 19.9. The molecule has 0 aromatic carbocycles. The highest BCUT2D eigenvalue weighted by atomic mass is 16.1. The minimum Gasteiger partial charge on any atom is -0.298 e. The first-order chi connectivity index (χ1) is 7.99. The number of likely N-dealkylation sites (N-methyl/N-ethyl adjacent to an activating group) is 1. The van der Waals surface area contributed by atoms with Gasteiger partial charge in [-0.2, -0.15) is 0 Å². The van der Waals surface area contributed by atoms with Crippen LogP contribution in [0.3, 0.4) is 0 Å². The van der Waals surface area contributed by atoms with E-state index in [0.717, 1.165) is 25.7 Å². The van der Waals surface area contributed by atoms with E-state index in [9.17, 15) is 4.79 Å². The van der Waals surface area contributed by atoms with Gasteiger partial charge >= 0.3 is 0 Å². The highest BCUT2D eigenvalue weighted by Gasteiger charge is 2.40. The van der Waals surface area contributed by atoms with Crippen molar-refractivity contribution >= 4 is 5.78 Å². The number of hydrogen-bond acceptors (Lipinski definition) is 2. The molecular weight excluding hydrogens is 210 g/mol. The van der Waals surface area contributed by atoms with E-state index in [2.05, 4.69) is 32.8 Å². The van der Waals surface area contributed by atoms with Crippen LogP contribution in [0.5, 0.6) is 0 Å². The summed E-state index contributed by atoms with van der Waals surface area (Å²) in [6.45, 7) is 4.46. The first kappa shape index (κ1) is 14.7. The molecule has 0 aromatic heterocycles. The number of carbonyl (C=O) groups excluding carboxylic acids is 1. The summed E-state index contributed by atoms with van der Waals surface area (Å²) in [6.07, 6.45) is 8.88. The third-order valence-corrected chi connectivity index (χ3v) is 4.24. The van der Waals surface area contributed by atoms with Gasteiger partial charge in [-0.1, -0.05) is 39.5 Å². The van der Waals surface area contributed by atoms with Crippen molar-refractivity contribution < 1.29 is 4.79 Å². The summed E-state index contributed by atoms with van der Waals surface area (Å²) in [7, 11) is 4.15. The average molecular weight is 239 g/mol. The number of carbonyl (C=O) groups is 1. The molecule has 0 aromatic rings. The van der Waals surface area contributed by atoms with Crippen molar-refractivity contribution in [2.45, 2.75) is 70.8 Å². The molecule has 0 radical (unpaired) electrons. The molecule has 100 valence electrons. The van der Waals surface area contributed by atoms with Gasteiger partial charge in [-0.05, 0) is 39.3 Å². The maximum atomic E-state index is 12.5. The molecule has 0 amide bonds. The van der Waals surface area contributed by atoms with E-state index in [0.29, 0.717) is 11.7 Å². The van der Waals surface area contributed by atoms with Gasteiger partial charge in [0, 0.05) is 6.42 Å². The Morgan fingerprint density at radius 1 is 1.18 bits per heavy atom. The number of ketones is 1. The lowest BCUT2D eigenvalue weighted by Gasteiger charge is -2.41. The number of Topliss-reactive ketones (excluding diaryl/α,β-unsaturated/α-hetero) is 1. The van der Waals surface area contributed by atoms with E-state index < -0.39 is 0 Å². The van der Waals surface area contributed by atoms with E-state index in [1.54, 1.807) is 0 Å². The van der Waals surface area contributed by atoms with E-state index in [-0.39, 0.29) is 5.54 Å². The van der Waals surface area contributed by atoms with Crippen LogP contribution < -0.4 is 0 Å². The first-order valence-electron chi connectivity index (χ1n) is 7.20. The minimum absolute atomic E-state index is 0.130. The molecule has 1 aliphatic carbocycles. The van der Waals surface area contributed by atoms with Gasteiger partial charge in [-0.25, -0.2) is 0 Å². The molecule has 0 saturated heterocycles. The monoisotopic (exact) mass is 239 g/mol. The van der Waals surface area contributed by atoms with Crippen LogP contribution in [0.2, 0.25) is 0 Å². The Kier molecular flexibility index (Phi) is 5.64. The van der Waals surface area contributed by atoms with Crippen LogP contribution in [-0.2, 0) is 4.79 Å². The van der Waals surface area contributed by atoms with Crippen molar-refractivity contribution in [3.8, 4) is 0 Å². The van der Waals surface area contributed by atoms with Crippen molar-refractivity contribution in [2.24, 2.45) is 5.92 Å². The summed E-state index contributed by atoms with van der Waals surface area (Å²) in [6, 6.07) is 0. The van der Waals surface area contributed by atoms with Gasteiger partial charge < -0.3 is 0 Å². The molecule has 0 bridgehead atoms. The van der Waals surface area contributed by atoms with Crippen LogP contribution in [0.4, 0.5) is 0 Å². The van der Waals surface area contributed by atoms with Crippen molar-refractivity contribution in [1.29, 1.82) is 0 Å². The molecular formula is C15H29NO. The fraction of sp³-hybridized carbons (Fsp3) is 0.933. The summed E-state index contributed by atoms with van der Waals surface area (Å²) in [5.41, 5.74) is -0.130. The average Bonchev–Trinajstić information content (AvgIpc) is 2.29. The number of rotatable bonds is 6. The Labute approximate surface area is 107 Å². The topological polar surface area (TPSA) is 20.3 Å². The van der Waals surface area contributed by atoms with Gasteiger partial charge in [0.2, 0.25) is 0 Å². The zero-order chi connectivity index (χ0) is 12.9.